The predicted octanol–water partition coefficient (Wildman–Crippen LogP) is -0.668. The Labute approximate surface area is 116 Å². The van der Waals surface area contributed by atoms with Crippen molar-refractivity contribution >= 4 is 10.0 Å². The highest BCUT2D eigenvalue weighted by Crippen LogP contribution is 2.13. The largest absolute Gasteiger partial charge is 0.375 e. The molecule has 7 heteroatoms. The van der Waals surface area contributed by atoms with Crippen LogP contribution in [0.4, 0.5) is 0 Å². The highest BCUT2D eigenvalue weighted by molar-refractivity contribution is 7.89. The van der Waals surface area contributed by atoms with E-state index >= 15 is 0 Å². The first-order valence-electron chi connectivity index (χ1n) is 7.14. The Morgan fingerprint density at radius 1 is 1.26 bits per heavy atom. The van der Waals surface area contributed by atoms with Gasteiger partial charge >= 0.3 is 0 Å². The highest BCUT2D eigenvalue weighted by Gasteiger charge is 2.28. The molecular weight excluding hydrogens is 266 g/mol. The van der Waals surface area contributed by atoms with Crippen LogP contribution >= 0.6 is 0 Å². The summed E-state index contributed by atoms with van der Waals surface area (Å²) in [6.07, 6.45) is 0.923. The summed E-state index contributed by atoms with van der Waals surface area (Å²) in [5, 5.41) is 3.27. The van der Waals surface area contributed by atoms with E-state index in [4.69, 9.17) is 4.74 Å². The number of piperazine rings is 1. The second kappa shape index (κ2) is 6.99. The van der Waals surface area contributed by atoms with Crippen molar-refractivity contribution in [1.82, 2.24) is 14.5 Å². The molecule has 0 aliphatic carbocycles. The van der Waals surface area contributed by atoms with Gasteiger partial charge in [-0.1, -0.05) is 6.92 Å². The molecule has 112 valence electrons. The number of hydrogen-bond acceptors (Lipinski definition) is 5. The SMILES string of the molecule is CCC1CN(S(=O)(=O)CCN2CCNCC2)CCO1. The van der Waals surface area contributed by atoms with Crippen LogP contribution < -0.4 is 5.32 Å². The molecule has 2 aliphatic heterocycles. The molecule has 1 unspecified atom stereocenters. The van der Waals surface area contributed by atoms with E-state index in [2.05, 4.69) is 10.2 Å². The Morgan fingerprint density at radius 3 is 2.68 bits per heavy atom. The summed E-state index contributed by atoms with van der Waals surface area (Å²) in [6.45, 7) is 7.99. The Kier molecular flexibility index (Phi) is 5.58. The van der Waals surface area contributed by atoms with Gasteiger partial charge in [-0.15, -0.1) is 0 Å². The van der Waals surface area contributed by atoms with E-state index in [9.17, 15) is 8.42 Å². The van der Waals surface area contributed by atoms with Crippen molar-refractivity contribution in [3.63, 3.8) is 0 Å². The summed E-state index contributed by atoms with van der Waals surface area (Å²) in [7, 11) is -3.13. The Morgan fingerprint density at radius 2 is 2.00 bits per heavy atom. The van der Waals surface area contributed by atoms with E-state index in [1.807, 2.05) is 6.92 Å². The molecule has 0 bridgehead atoms. The van der Waals surface area contributed by atoms with Crippen LogP contribution in [0.2, 0.25) is 0 Å². The molecule has 2 fully saturated rings. The molecule has 1 N–H and O–H groups in total. The minimum atomic E-state index is -3.13. The van der Waals surface area contributed by atoms with Crippen LogP contribution in [-0.4, -0.2) is 81.9 Å². The van der Waals surface area contributed by atoms with Crippen LogP contribution in [0, 0.1) is 0 Å². The second-order valence-electron chi connectivity index (χ2n) is 5.17. The van der Waals surface area contributed by atoms with Crippen molar-refractivity contribution in [2.75, 3.05) is 58.2 Å². The van der Waals surface area contributed by atoms with Gasteiger partial charge in [-0.25, -0.2) is 8.42 Å². The topological polar surface area (TPSA) is 61.9 Å². The van der Waals surface area contributed by atoms with Crippen molar-refractivity contribution in [3.8, 4) is 0 Å². The molecule has 0 saturated carbocycles. The number of ether oxygens (including phenoxy) is 1. The maximum absolute atomic E-state index is 12.3. The van der Waals surface area contributed by atoms with Gasteiger partial charge in [0, 0.05) is 45.8 Å². The lowest BCUT2D eigenvalue weighted by Gasteiger charge is -2.33. The fourth-order valence-corrected chi connectivity index (χ4v) is 3.99. The van der Waals surface area contributed by atoms with Gasteiger partial charge in [-0.3, -0.25) is 4.90 Å². The molecule has 0 aromatic rings. The van der Waals surface area contributed by atoms with Crippen LogP contribution in [0.5, 0.6) is 0 Å². The number of morpholine rings is 1. The van der Waals surface area contributed by atoms with Crippen molar-refractivity contribution < 1.29 is 13.2 Å². The summed E-state index contributed by atoms with van der Waals surface area (Å²) < 4.78 is 31.8. The molecule has 2 aliphatic rings. The molecule has 0 amide bonds. The third-order valence-corrected chi connectivity index (χ3v) is 5.64. The predicted molar refractivity (Wildman–Crippen MR) is 74.7 cm³/mol. The molecule has 6 nitrogen and oxygen atoms in total. The van der Waals surface area contributed by atoms with Crippen LogP contribution in [-0.2, 0) is 14.8 Å². The normalized spacial score (nSPS) is 27.5. The smallest absolute Gasteiger partial charge is 0.215 e. The third kappa shape index (κ3) is 4.39. The molecule has 0 radical (unpaired) electrons. The first kappa shape index (κ1) is 15.2. The summed E-state index contributed by atoms with van der Waals surface area (Å²) >= 11 is 0. The zero-order chi connectivity index (χ0) is 13.7. The van der Waals surface area contributed by atoms with Gasteiger partial charge in [0.15, 0.2) is 0 Å². The zero-order valence-electron chi connectivity index (χ0n) is 11.7. The monoisotopic (exact) mass is 291 g/mol. The lowest BCUT2D eigenvalue weighted by atomic mass is 10.2. The highest BCUT2D eigenvalue weighted by atomic mass is 32.2. The summed E-state index contributed by atoms with van der Waals surface area (Å²) in [5.74, 6) is 0.226. The maximum Gasteiger partial charge on any atom is 0.215 e. The van der Waals surface area contributed by atoms with Gasteiger partial charge in [0.2, 0.25) is 10.0 Å². The molecule has 0 aromatic carbocycles. The van der Waals surface area contributed by atoms with Crippen LogP contribution in [0.1, 0.15) is 13.3 Å². The Bertz CT molecular complexity index is 368. The molecule has 2 rings (SSSR count). The van der Waals surface area contributed by atoms with Crippen molar-refractivity contribution in [2.24, 2.45) is 0 Å². The molecular formula is C12H25N3O3S. The molecule has 2 saturated heterocycles. The van der Waals surface area contributed by atoms with Gasteiger partial charge in [0.1, 0.15) is 0 Å². The molecule has 2 heterocycles. The molecule has 0 aromatic heterocycles. The van der Waals surface area contributed by atoms with Gasteiger partial charge < -0.3 is 10.1 Å². The quantitative estimate of drug-likeness (QED) is 0.728. The van der Waals surface area contributed by atoms with Gasteiger partial charge in [-0.2, -0.15) is 4.31 Å². The van der Waals surface area contributed by atoms with E-state index in [1.54, 1.807) is 4.31 Å². The molecule has 1 atom stereocenters. The number of rotatable bonds is 5. The fraction of sp³-hybridized carbons (Fsp3) is 1.00. The minimum Gasteiger partial charge on any atom is -0.375 e. The standard InChI is InChI=1S/C12H25N3O3S/c1-2-12-11-15(7-9-18-12)19(16,17)10-8-14-5-3-13-4-6-14/h12-13H,2-11H2,1H3. The first-order chi connectivity index (χ1) is 9.12. The summed E-state index contributed by atoms with van der Waals surface area (Å²) in [4.78, 5) is 2.21. The van der Waals surface area contributed by atoms with Crippen molar-refractivity contribution in [3.05, 3.63) is 0 Å². The van der Waals surface area contributed by atoms with Crippen molar-refractivity contribution in [1.29, 1.82) is 0 Å². The van der Waals surface area contributed by atoms with Crippen LogP contribution in [0.3, 0.4) is 0 Å². The summed E-state index contributed by atoms with van der Waals surface area (Å²) in [6, 6.07) is 0. The van der Waals surface area contributed by atoms with Gasteiger partial charge in [0.05, 0.1) is 18.5 Å². The number of sulfonamides is 1. The Hall–Kier alpha value is -0.210. The van der Waals surface area contributed by atoms with E-state index in [1.165, 1.54) is 0 Å². The maximum atomic E-state index is 12.3. The average molecular weight is 291 g/mol. The van der Waals surface area contributed by atoms with E-state index in [0.717, 1.165) is 32.6 Å². The van der Waals surface area contributed by atoms with Crippen LogP contribution in [0.15, 0.2) is 0 Å². The number of nitrogens with one attached hydrogen (secondary N) is 1. The van der Waals surface area contributed by atoms with Crippen LogP contribution in [0.25, 0.3) is 0 Å². The second-order valence-corrected chi connectivity index (χ2v) is 7.26. The minimum absolute atomic E-state index is 0.0581. The lowest BCUT2D eigenvalue weighted by Crippen LogP contribution is -2.49. The lowest BCUT2D eigenvalue weighted by molar-refractivity contribution is -0.00282. The van der Waals surface area contributed by atoms with E-state index in [-0.39, 0.29) is 11.9 Å². The van der Waals surface area contributed by atoms with Crippen molar-refractivity contribution in [2.45, 2.75) is 19.4 Å². The third-order valence-electron chi connectivity index (χ3n) is 3.83. The van der Waals surface area contributed by atoms with Gasteiger partial charge in [0.25, 0.3) is 0 Å². The molecule has 19 heavy (non-hydrogen) atoms. The molecule has 0 spiro atoms. The van der Waals surface area contributed by atoms with E-state index < -0.39 is 10.0 Å². The Balaban J connectivity index is 1.83. The fourth-order valence-electron chi connectivity index (χ4n) is 2.50. The van der Waals surface area contributed by atoms with Gasteiger partial charge in [-0.05, 0) is 6.42 Å². The average Bonchev–Trinajstić information content (AvgIpc) is 2.46. The number of nitrogens with zero attached hydrogens (tertiary/aromatic N) is 2. The first-order valence-corrected chi connectivity index (χ1v) is 8.75. The zero-order valence-corrected chi connectivity index (χ0v) is 12.5. The number of hydrogen-bond donors (Lipinski definition) is 1. The summed E-state index contributed by atoms with van der Waals surface area (Å²) in [5.41, 5.74) is 0. The van der Waals surface area contributed by atoms with E-state index in [0.29, 0.717) is 26.2 Å².